The summed E-state index contributed by atoms with van der Waals surface area (Å²) >= 11 is 9.52. The third-order valence-corrected chi connectivity index (χ3v) is 10.6. The Morgan fingerprint density at radius 1 is 1.02 bits per heavy atom. The summed E-state index contributed by atoms with van der Waals surface area (Å²) in [5.41, 5.74) is 3.49. The Labute approximate surface area is 316 Å². The summed E-state index contributed by atoms with van der Waals surface area (Å²) in [5, 5.41) is 30.6. The van der Waals surface area contributed by atoms with Gasteiger partial charge in [-0.25, -0.2) is 9.48 Å². The summed E-state index contributed by atoms with van der Waals surface area (Å²) in [5.74, 6) is 2.69. The van der Waals surface area contributed by atoms with Crippen molar-refractivity contribution in [1.29, 1.82) is 0 Å². The van der Waals surface area contributed by atoms with Crippen LogP contribution < -0.4 is 15.4 Å². The number of carbonyl (C=O) groups is 1. The van der Waals surface area contributed by atoms with E-state index in [2.05, 4.69) is 45.8 Å². The summed E-state index contributed by atoms with van der Waals surface area (Å²) in [7, 11) is 4.02. The lowest BCUT2D eigenvalue weighted by Crippen LogP contribution is -2.29. The highest BCUT2D eigenvalue weighted by Crippen LogP contribution is 2.35. The minimum absolute atomic E-state index is 0.0625. The number of thioether (sulfide) groups is 1. The molecule has 6 aromatic rings. The molecule has 11 nitrogen and oxygen atoms in total. The molecule has 0 aliphatic heterocycles. The molecule has 0 bridgehead atoms. The summed E-state index contributed by atoms with van der Waals surface area (Å²) in [6.07, 6.45) is 4.00. The maximum absolute atomic E-state index is 13.5. The van der Waals surface area contributed by atoms with E-state index in [1.54, 1.807) is 40.3 Å². The molecule has 0 spiro atoms. The van der Waals surface area contributed by atoms with E-state index in [0.717, 1.165) is 44.8 Å². The number of anilines is 1. The van der Waals surface area contributed by atoms with Crippen molar-refractivity contribution in [2.75, 3.05) is 44.6 Å². The maximum atomic E-state index is 13.5. The number of amides is 2. The Kier molecular flexibility index (Phi) is 11.6. The largest absolute Gasteiger partial charge is 0.507 e. The molecule has 0 saturated heterocycles. The second-order valence-corrected chi connectivity index (χ2v) is 15.5. The summed E-state index contributed by atoms with van der Waals surface area (Å²) in [6.45, 7) is 5.94. The number of pyridine rings is 1. The molecule has 3 N–H and O–H groups in total. The molecule has 0 unspecified atom stereocenters. The average molecular weight is 757 g/mol. The van der Waals surface area contributed by atoms with Gasteiger partial charge >= 0.3 is 6.03 Å². The van der Waals surface area contributed by atoms with Crippen LogP contribution in [0.4, 0.5) is 10.6 Å². The standard InChI is InChI=1S/C38H41ClN8O3S2/c1-38(2,24-51-5)33-21-35(47(44-33)27-10-8-11-28(20-27)50-18-17-45(3)4)41-37(49)40-22-25-9-6-7-12-32(25)52-29-14-16-34-42-43-36(46(34)23-29)30-19-26(39)13-15-31(30)48/h6-16,19-21,23,48H,17-18,22,24H2,1-5H3,(H2,40,41,49). The number of phenols is 1. The predicted molar refractivity (Wildman–Crippen MR) is 211 cm³/mol. The number of aromatic hydroxyl groups is 1. The van der Waals surface area contributed by atoms with Gasteiger partial charge in [0.25, 0.3) is 0 Å². The topological polar surface area (TPSA) is 122 Å². The fraction of sp³-hybridized carbons (Fsp3) is 0.263. The van der Waals surface area contributed by atoms with Crippen molar-refractivity contribution >= 4 is 52.6 Å². The number of hydrogen-bond acceptors (Lipinski definition) is 9. The van der Waals surface area contributed by atoms with E-state index in [0.29, 0.717) is 41.0 Å². The molecule has 3 heterocycles. The molecule has 0 saturated carbocycles. The van der Waals surface area contributed by atoms with Crippen molar-refractivity contribution in [3.63, 3.8) is 0 Å². The molecule has 0 fully saturated rings. The van der Waals surface area contributed by atoms with Gasteiger partial charge in [0, 0.05) is 57.4 Å². The highest BCUT2D eigenvalue weighted by Gasteiger charge is 2.26. The molecule has 6 rings (SSSR count). The SMILES string of the molecule is CSCC(C)(C)c1cc(NC(=O)NCc2ccccc2Sc2ccc3nnc(-c4cc(Cl)ccc4O)n3c2)n(-c2cccc(OCCN(C)C)c2)n1. The van der Waals surface area contributed by atoms with Gasteiger partial charge in [-0.3, -0.25) is 9.72 Å². The molecule has 0 aliphatic carbocycles. The molecule has 0 aliphatic rings. The highest BCUT2D eigenvalue weighted by molar-refractivity contribution is 7.99. The van der Waals surface area contributed by atoms with Gasteiger partial charge in [-0.15, -0.1) is 10.2 Å². The lowest BCUT2D eigenvalue weighted by molar-refractivity contribution is 0.251. The van der Waals surface area contributed by atoms with E-state index >= 15 is 0 Å². The third-order valence-electron chi connectivity index (χ3n) is 8.23. The minimum Gasteiger partial charge on any atom is -0.507 e. The van der Waals surface area contributed by atoms with Crippen molar-refractivity contribution < 1.29 is 14.6 Å². The lowest BCUT2D eigenvalue weighted by Gasteiger charge is -2.20. The quantitative estimate of drug-likeness (QED) is 0.102. The van der Waals surface area contributed by atoms with E-state index in [-0.39, 0.29) is 17.2 Å². The number of ether oxygens (including phenoxy) is 1. The van der Waals surface area contributed by atoms with Crippen LogP contribution in [0.2, 0.25) is 5.02 Å². The Morgan fingerprint density at radius 3 is 2.65 bits per heavy atom. The number of rotatable bonds is 14. The van der Waals surface area contributed by atoms with Crippen molar-refractivity contribution in [2.45, 2.75) is 35.6 Å². The zero-order valence-electron chi connectivity index (χ0n) is 29.6. The summed E-state index contributed by atoms with van der Waals surface area (Å²) in [4.78, 5) is 17.4. The zero-order valence-corrected chi connectivity index (χ0v) is 32.0. The first-order valence-corrected chi connectivity index (χ1v) is 19.2. The molecular weight excluding hydrogens is 716 g/mol. The number of likely N-dealkylation sites (N-methyl/N-ethyl adjacent to an activating group) is 1. The predicted octanol–water partition coefficient (Wildman–Crippen LogP) is 7.99. The second kappa shape index (κ2) is 16.3. The van der Waals surface area contributed by atoms with Crippen LogP contribution >= 0.6 is 35.1 Å². The first-order valence-electron chi connectivity index (χ1n) is 16.6. The van der Waals surface area contributed by atoms with Crippen LogP contribution in [-0.2, 0) is 12.0 Å². The molecular formula is C38H41ClN8O3S2. The van der Waals surface area contributed by atoms with Crippen LogP contribution in [0.1, 0.15) is 25.1 Å². The van der Waals surface area contributed by atoms with Crippen LogP contribution in [0.25, 0.3) is 22.7 Å². The van der Waals surface area contributed by atoms with Gasteiger partial charge in [0.1, 0.15) is 23.9 Å². The fourth-order valence-corrected chi connectivity index (χ4v) is 7.51. The monoisotopic (exact) mass is 756 g/mol. The van der Waals surface area contributed by atoms with Crippen LogP contribution in [0, 0.1) is 0 Å². The number of nitrogens with zero attached hydrogens (tertiary/aromatic N) is 6. The van der Waals surface area contributed by atoms with E-state index in [1.807, 2.05) is 91.4 Å². The number of hydrogen-bond donors (Lipinski definition) is 3. The zero-order chi connectivity index (χ0) is 36.8. The van der Waals surface area contributed by atoms with Gasteiger partial charge in [-0.1, -0.05) is 61.5 Å². The summed E-state index contributed by atoms with van der Waals surface area (Å²) in [6, 6.07) is 25.9. The number of benzene rings is 3. The molecule has 52 heavy (non-hydrogen) atoms. The maximum Gasteiger partial charge on any atom is 0.320 e. The van der Waals surface area contributed by atoms with E-state index in [4.69, 9.17) is 21.4 Å². The number of aromatic nitrogens is 5. The van der Waals surface area contributed by atoms with Gasteiger partial charge in [0.2, 0.25) is 0 Å². The van der Waals surface area contributed by atoms with Crippen LogP contribution in [0.3, 0.4) is 0 Å². The van der Waals surface area contributed by atoms with Gasteiger partial charge in [0.15, 0.2) is 11.5 Å². The Balaban J connectivity index is 1.19. The number of phenolic OH excluding ortho intramolecular Hbond substituents is 1. The number of carbonyl (C=O) groups excluding carboxylic acids is 1. The van der Waals surface area contributed by atoms with Crippen LogP contribution in [-0.4, -0.2) is 79.7 Å². The molecule has 0 radical (unpaired) electrons. The number of nitrogens with one attached hydrogen (secondary N) is 2. The van der Waals surface area contributed by atoms with E-state index < -0.39 is 0 Å². The average Bonchev–Trinajstić information content (AvgIpc) is 3.74. The van der Waals surface area contributed by atoms with Gasteiger partial charge in [0.05, 0.1) is 16.9 Å². The van der Waals surface area contributed by atoms with E-state index in [9.17, 15) is 9.90 Å². The van der Waals surface area contributed by atoms with Crippen molar-refractivity contribution in [3.05, 3.63) is 107 Å². The smallest absolute Gasteiger partial charge is 0.320 e. The Morgan fingerprint density at radius 2 is 1.85 bits per heavy atom. The van der Waals surface area contributed by atoms with Gasteiger partial charge in [-0.05, 0) is 74.4 Å². The van der Waals surface area contributed by atoms with Gasteiger partial charge < -0.3 is 20.1 Å². The van der Waals surface area contributed by atoms with Gasteiger partial charge in [-0.2, -0.15) is 16.9 Å². The molecule has 3 aromatic heterocycles. The molecule has 0 atom stereocenters. The normalized spacial score (nSPS) is 11.7. The third kappa shape index (κ3) is 8.84. The number of urea groups is 1. The molecule has 3 aromatic carbocycles. The summed E-state index contributed by atoms with van der Waals surface area (Å²) < 4.78 is 9.58. The molecule has 270 valence electrons. The minimum atomic E-state index is -0.356. The molecule has 14 heteroatoms. The Hall–Kier alpha value is -4.69. The number of halogens is 1. The second-order valence-electron chi connectivity index (χ2n) is 13.1. The lowest BCUT2D eigenvalue weighted by atomic mass is 9.92. The van der Waals surface area contributed by atoms with Crippen molar-refractivity contribution in [1.82, 2.24) is 34.6 Å². The molecule has 2 amide bonds. The highest BCUT2D eigenvalue weighted by atomic mass is 35.5. The van der Waals surface area contributed by atoms with Crippen molar-refractivity contribution in [2.24, 2.45) is 0 Å². The van der Waals surface area contributed by atoms with E-state index in [1.165, 1.54) is 6.07 Å². The first kappa shape index (κ1) is 37.1. The van der Waals surface area contributed by atoms with Crippen LogP contribution in [0.5, 0.6) is 11.5 Å². The number of fused-ring (bicyclic) bond motifs is 1. The van der Waals surface area contributed by atoms with Crippen LogP contribution in [0.15, 0.2) is 101 Å². The fourth-order valence-electron chi connectivity index (χ4n) is 5.50. The Bertz CT molecular complexity index is 2190. The first-order chi connectivity index (χ1) is 25.0. The van der Waals surface area contributed by atoms with Crippen molar-refractivity contribution in [3.8, 4) is 28.6 Å².